The molecule has 4 aromatic carbocycles. The fourth-order valence-electron chi connectivity index (χ4n) is 3.50. The summed E-state index contributed by atoms with van der Waals surface area (Å²) in [6, 6.07) is 44.2. The van der Waals surface area contributed by atoms with Gasteiger partial charge in [0.25, 0.3) is 0 Å². The molecule has 0 nitrogen and oxygen atoms in total. The van der Waals surface area contributed by atoms with E-state index in [0.717, 1.165) is 0 Å². The molecule has 30 heavy (non-hydrogen) atoms. The van der Waals surface area contributed by atoms with Gasteiger partial charge in [0.2, 0.25) is 0 Å². The Hall–Kier alpha value is -0.861. The zero-order valence-corrected chi connectivity index (χ0v) is 24.3. The first kappa shape index (κ1) is 27.2. The van der Waals surface area contributed by atoms with E-state index in [0.29, 0.717) is 15.5 Å². The molecular weight excluding hydrogens is 744 g/mol. The van der Waals surface area contributed by atoms with Crippen LogP contribution in [0.15, 0.2) is 121 Å². The first-order valence-corrected chi connectivity index (χ1v) is 22.0. The van der Waals surface area contributed by atoms with Crippen molar-refractivity contribution < 1.29 is 15.5 Å². The van der Waals surface area contributed by atoms with Gasteiger partial charge in [-0.05, 0) is 0 Å². The van der Waals surface area contributed by atoms with Crippen LogP contribution in [0.5, 0.6) is 0 Å². The Labute approximate surface area is 206 Å². The van der Waals surface area contributed by atoms with Crippen LogP contribution in [-0.4, -0.2) is 13.6 Å². The van der Waals surface area contributed by atoms with Gasteiger partial charge in [-0.2, -0.15) is 0 Å². The summed E-state index contributed by atoms with van der Waals surface area (Å²) in [5.74, 6) is 0. The molecule has 0 bridgehead atoms. The van der Waals surface area contributed by atoms with Gasteiger partial charge in [0.1, 0.15) is 0 Å². The summed E-state index contributed by atoms with van der Waals surface area (Å²) in [4.78, 5) is 0. The first-order chi connectivity index (χ1) is 13.8. The number of benzene rings is 4. The Balaban J connectivity index is 0.000000851. The third kappa shape index (κ3) is 6.10. The topological polar surface area (TPSA) is 0 Å². The van der Waals surface area contributed by atoms with Crippen LogP contribution in [0.4, 0.5) is 0 Å². The van der Waals surface area contributed by atoms with Crippen molar-refractivity contribution in [3.8, 4) is 0 Å². The van der Waals surface area contributed by atoms with Crippen molar-refractivity contribution in [2.24, 2.45) is 0 Å². The Morgan fingerprint density at radius 3 is 0.733 bits per heavy atom. The molecule has 0 aliphatic carbocycles. The first-order valence-electron chi connectivity index (χ1n) is 8.77. The molecule has 0 fully saturated rings. The van der Waals surface area contributed by atoms with Gasteiger partial charge in [-0.25, -0.2) is 0 Å². The predicted molar refractivity (Wildman–Crippen MR) is 141 cm³/mol. The standard InChI is InChI=1S/C24H20As.2CH3.Au.2BrH/c1-5-13-21(14-6-1)25(22-15-7-2-8-16-22,23-17-9-3-10-18-23)24-19-11-4-12-20-24;;;;;/h1-20H;2*1H3;;2*1H/q+1;2*-1;+1;;/p-2. The second kappa shape index (κ2) is 14.2. The fraction of sp³-hybridized carbons (Fsp3) is 0. The Morgan fingerprint density at radius 2 is 0.567 bits per heavy atom. The van der Waals surface area contributed by atoms with Crippen LogP contribution in [0.2, 0.25) is 0 Å². The zero-order valence-electron chi connectivity index (χ0n) is 17.1. The second-order valence-corrected chi connectivity index (χ2v) is 22.7. The van der Waals surface area contributed by atoms with Crippen LogP contribution in [0, 0.1) is 14.9 Å². The van der Waals surface area contributed by atoms with Crippen molar-refractivity contribution in [2.75, 3.05) is 0 Å². The molecular formula is C26H26AsAuBr2-2. The summed E-state index contributed by atoms with van der Waals surface area (Å²) in [6.07, 6.45) is 0. The quantitative estimate of drug-likeness (QED) is 0.186. The molecule has 4 rings (SSSR count). The predicted octanol–water partition coefficient (Wildman–Crippen LogP) is 5.65. The third-order valence-electron chi connectivity index (χ3n) is 4.57. The van der Waals surface area contributed by atoms with Gasteiger partial charge in [-0.1, -0.05) is 0 Å². The molecule has 0 aliphatic heterocycles. The minimum absolute atomic E-state index is 0. The van der Waals surface area contributed by atoms with Gasteiger partial charge in [0.05, 0.1) is 0 Å². The average molecular weight is 770 g/mol. The Bertz CT molecular complexity index is 786. The molecule has 162 valence electrons. The zero-order chi connectivity index (χ0) is 19.7. The van der Waals surface area contributed by atoms with Crippen LogP contribution >= 0.6 is 26.0 Å². The third-order valence-corrected chi connectivity index (χ3v) is 13.6. The van der Waals surface area contributed by atoms with E-state index in [1.165, 1.54) is 17.4 Å². The maximum absolute atomic E-state index is 3.16. The van der Waals surface area contributed by atoms with Crippen LogP contribution in [0.25, 0.3) is 0 Å². The van der Waals surface area contributed by atoms with Gasteiger partial charge in [-0.15, -0.1) is 0 Å². The number of hydrogen-bond acceptors (Lipinski definition) is 0. The molecule has 0 saturated heterocycles. The van der Waals surface area contributed by atoms with Crippen LogP contribution in [0.3, 0.4) is 0 Å². The van der Waals surface area contributed by atoms with Gasteiger partial charge < -0.3 is 14.9 Å². The van der Waals surface area contributed by atoms with Crippen molar-refractivity contribution in [2.45, 2.75) is 0 Å². The van der Waals surface area contributed by atoms with E-state index in [4.69, 9.17) is 0 Å². The minimum atomic E-state index is -2.77. The molecule has 0 saturated carbocycles. The molecule has 0 aliphatic rings. The normalized spacial score (nSPS) is 10.1. The van der Waals surface area contributed by atoms with Crippen LogP contribution in [-0.2, 0) is 15.5 Å². The summed E-state index contributed by atoms with van der Waals surface area (Å²) in [6.45, 7) is 0. The molecule has 4 heteroatoms. The van der Waals surface area contributed by atoms with Crippen molar-refractivity contribution in [1.82, 2.24) is 0 Å². The molecule has 0 atom stereocenters. The van der Waals surface area contributed by atoms with E-state index in [1.54, 1.807) is 0 Å². The van der Waals surface area contributed by atoms with Gasteiger partial charge >= 0.3 is 194 Å². The fourth-order valence-corrected chi connectivity index (χ4v) is 12.5. The Morgan fingerprint density at radius 1 is 0.400 bits per heavy atom. The maximum atomic E-state index is 3.16. The van der Waals surface area contributed by atoms with Crippen molar-refractivity contribution in [3.05, 3.63) is 136 Å². The summed E-state index contributed by atoms with van der Waals surface area (Å²) in [7, 11) is 0. The molecule has 0 unspecified atom stereocenters. The number of halogens is 2. The average Bonchev–Trinajstić information content (AvgIpc) is 2.78. The van der Waals surface area contributed by atoms with E-state index in [9.17, 15) is 0 Å². The molecule has 0 aromatic heterocycles. The van der Waals surface area contributed by atoms with Crippen LogP contribution in [0.1, 0.15) is 0 Å². The Kier molecular flexibility index (Phi) is 12.9. The van der Waals surface area contributed by atoms with Crippen molar-refractivity contribution in [1.29, 1.82) is 0 Å². The summed E-state index contributed by atoms with van der Waals surface area (Å²) in [5, 5.41) is 0. The second-order valence-electron chi connectivity index (χ2n) is 6.06. The molecule has 0 amide bonds. The van der Waals surface area contributed by atoms with E-state index in [-0.39, 0.29) is 14.9 Å². The summed E-state index contributed by atoms with van der Waals surface area (Å²) < 4.78 is 5.79. The molecule has 0 heterocycles. The number of hydrogen-bond donors (Lipinski definition) is 0. The molecule has 4 aromatic rings. The molecule has 0 N–H and O–H groups in total. The van der Waals surface area contributed by atoms with E-state index >= 15 is 0 Å². The van der Waals surface area contributed by atoms with Crippen LogP contribution < -0.4 is 17.4 Å². The monoisotopic (exact) mass is 768 g/mol. The van der Waals surface area contributed by atoms with E-state index < -0.39 is 13.6 Å². The molecule has 0 spiro atoms. The van der Waals surface area contributed by atoms with Gasteiger partial charge in [0, 0.05) is 0 Å². The SMILES string of the molecule is [Br][Au-][Br].[CH3-].[CH3-].c1ccc([As+](c2ccccc2)(c2ccccc2)c2ccccc2)cc1. The summed E-state index contributed by atoms with van der Waals surface area (Å²) in [5.41, 5.74) is 0. The molecule has 0 radical (unpaired) electrons. The summed E-state index contributed by atoms with van der Waals surface area (Å²) >= 11 is 3.84. The van der Waals surface area contributed by atoms with E-state index in [2.05, 4.69) is 147 Å². The van der Waals surface area contributed by atoms with Crippen molar-refractivity contribution >= 4 is 57.0 Å². The van der Waals surface area contributed by atoms with Crippen molar-refractivity contribution in [3.63, 3.8) is 0 Å². The number of rotatable bonds is 4. The van der Waals surface area contributed by atoms with Gasteiger partial charge in [-0.3, -0.25) is 0 Å². The van der Waals surface area contributed by atoms with E-state index in [1.807, 2.05) is 0 Å². The van der Waals surface area contributed by atoms with Gasteiger partial charge in [0.15, 0.2) is 0 Å².